The van der Waals surface area contributed by atoms with Crippen LogP contribution in [0.3, 0.4) is 0 Å². The largest absolute Gasteiger partial charge is 0.507 e. The van der Waals surface area contributed by atoms with Crippen LogP contribution in [0.4, 0.5) is 0 Å². The minimum atomic E-state index is -0.679. The highest BCUT2D eigenvalue weighted by Crippen LogP contribution is 2.21. The second kappa shape index (κ2) is 6.82. The Morgan fingerprint density at radius 3 is 2.32 bits per heavy atom. The highest BCUT2D eigenvalue weighted by Gasteiger charge is 2.13. The van der Waals surface area contributed by atoms with Crippen molar-refractivity contribution in [3.05, 3.63) is 58.6 Å². The molecule has 0 bridgehead atoms. The highest BCUT2D eigenvalue weighted by atomic mass is 35.5. The summed E-state index contributed by atoms with van der Waals surface area (Å²) in [5.74, 6) is -0.801. The zero-order valence-corrected chi connectivity index (χ0v) is 12.3. The van der Waals surface area contributed by atoms with Gasteiger partial charge in [0, 0.05) is 10.6 Å². The lowest BCUT2D eigenvalue weighted by molar-refractivity contribution is 0.0845. The van der Waals surface area contributed by atoms with Crippen molar-refractivity contribution in [2.45, 2.75) is 0 Å². The number of halogens is 1. The molecule has 2 aromatic rings. The van der Waals surface area contributed by atoms with E-state index in [0.29, 0.717) is 16.3 Å². The van der Waals surface area contributed by atoms with Gasteiger partial charge < -0.3 is 9.84 Å². The van der Waals surface area contributed by atoms with Crippen LogP contribution in [0.2, 0.25) is 5.02 Å². The zero-order chi connectivity index (χ0) is 16.1. The fourth-order valence-electron chi connectivity index (χ4n) is 1.69. The molecule has 22 heavy (non-hydrogen) atoms. The number of aromatic hydroxyl groups is 1. The molecule has 2 aromatic carbocycles. The number of amides is 2. The number of hydrazine groups is 1. The molecule has 114 valence electrons. The number of benzene rings is 2. The van der Waals surface area contributed by atoms with E-state index in [0.717, 1.165) is 0 Å². The normalized spacial score (nSPS) is 9.91. The van der Waals surface area contributed by atoms with Gasteiger partial charge in [0.05, 0.1) is 12.7 Å². The first-order valence-electron chi connectivity index (χ1n) is 6.24. The van der Waals surface area contributed by atoms with Crippen molar-refractivity contribution in [2.24, 2.45) is 0 Å². The minimum absolute atomic E-state index is 0.0393. The number of phenols is 1. The summed E-state index contributed by atoms with van der Waals surface area (Å²) in [6.07, 6.45) is 0. The molecule has 6 nitrogen and oxygen atoms in total. The van der Waals surface area contributed by atoms with E-state index in [1.54, 1.807) is 24.3 Å². The van der Waals surface area contributed by atoms with Crippen molar-refractivity contribution in [3.63, 3.8) is 0 Å². The predicted molar refractivity (Wildman–Crippen MR) is 81.0 cm³/mol. The summed E-state index contributed by atoms with van der Waals surface area (Å²) in [7, 11) is 1.52. The molecule has 2 amide bonds. The van der Waals surface area contributed by atoms with Gasteiger partial charge in [-0.1, -0.05) is 11.6 Å². The van der Waals surface area contributed by atoms with Crippen LogP contribution >= 0.6 is 11.6 Å². The molecule has 0 saturated heterocycles. The van der Waals surface area contributed by atoms with Crippen LogP contribution in [0, 0.1) is 0 Å². The maximum Gasteiger partial charge on any atom is 0.273 e. The molecule has 7 heteroatoms. The van der Waals surface area contributed by atoms with Gasteiger partial charge in [-0.3, -0.25) is 20.4 Å². The first-order valence-corrected chi connectivity index (χ1v) is 6.62. The minimum Gasteiger partial charge on any atom is -0.507 e. The molecule has 0 saturated carbocycles. The zero-order valence-electron chi connectivity index (χ0n) is 11.6. The molecule has 0 radical (unpaired) electrons. The molecule has 0 heterocycles. The smallest absolute Gasteiger partial charge is 0.273 e. The van der Waals surface area contributed by atoms with Crippen LogP contribution in [0.1, 0.15) is 20.7 Å². The van der Waals surface area contributed by atoms with Crippen molar-refractivity contribution in [2.75, 3.05) is 7.11 Å². The second-order valence-electron chi connectivity index (χ2n) is 4.30. The lowest BCUT2D eigenvalue weighted by Gasteiger charge is -2.09. The molecule has 2 rings (SSSR count). The Kier molecular flexibility index (Phi) is 4.85. The standard InChI is InChI=1S/C15H13ClN2O4/c1-22-11-5-2-9(3-6-11)14(20)17-18-15(21)12-8-10(16)4-7-13(12)19/h2-8,19H,1H3,(H,17,20)(H,18,21). The van der Waals surface area contributed by atoms with Crippen LogP contribution in [-0.4, -0.2) is 24.0 Å². The van der Waals surface area contributed by atoms with Crippen LogP contribution in [-0.2, 0) is 0 Å². The van der Waals surface area contributed by atoms with E-state index in [2.05, 4.69) is 10.9 Å². The van der Waals surface area contributed by atoms with Gasteiger partial charge in [-0.25, -0.2) is 0 Å². The Morgan fingerprint density at radius 2 is 1.68 bits per heavy atom. The van der Waals surface area contributed by atoms with E-state index in [4.69, 9.17) is 16.3 Å². The van der Waals surface area contributed by atoms with E-state index in [9.17, 15) is 14.7 Å². The van der Waals surface area contributed by atoms with Crippen molar-refractivity contribution >= 4 is 23.4 Å². The molecule has 0 atom stereocenters. The number of carbonyl (C=O) groups is 2. The van der Waals surface area contributed by atoms with Crippen LogP contribution < -0.4 is 15.6 Å². The van der Waals surface area contributed by atoms with Gasteiger partial charge in [0.1, 0.15) is 11.5 Å². The Balaban J connectivity index is 2.00. The second-order valence-corrected chi connectivity index (χ2v) is 4.73. The van der Waals surface area contributed by atoms with Gasteiger partial charge in [0.15, 0.2) is 0 Å². The van der Waals surface area contributed by atoms with Crippen molar-refractivity contribution in [3.8, 4) is 11.5 Å². The van der Waals surface area contributed by atoms with Crippen LogP contribution in [0.5, 0.6) is 11.5 Å². The maximum absolute atomic E-state index is 11.9. The Bertz CT molecular complexity index is 701. The van der Waals surface area contributed by atoms with Gasteiger partial charge in [-0.2, -0.15) is 0 Å². The number of phenolic OH excluding ortho intramolecular Hbond substituents is 1. The van der Waals surface area contributed by atoms with Crippen LogP contribution in [0.25, 0.3) is 0 Å². The van der Waals surface area contributed by atoms with E-state index >= 15 is 0 Å². The van der Waals surface area contributed by atoms with Gasteiger partial charge in [0.25, 0.3) is 11.8 Å². The molecule has 0 aliphatic carbocycles. The summed E-state index contributed by atoms with van der Waals surface area (Å²) in [5.41, 5.74) is 4.76. The van der Waals surface area contributed by atoms with Crippen molar-refractivity contribution in [1.29, 1.82) is 0 Å². The van der Waals surface area contributed by atoms with Crippen molar-refractivity contribution < 1.29 is 19.4 Å². The summed E-state index contributed by atoms with van der Waals surface area (Å²) in [6.45, 7) is 0. The number of methoxy groups -OCH3 is 1. The number of nitrogens with one attached hydrogen (secondary N) is 2. The lowest BCUT2D eigenvalue weighted by atomic mass is 10.2. The topological polar surface area (TPSA) is 87.7 Å². The van der Waals surface area contributed by atoms with Gasteiger partial charge in [0.2, 0.25) is 0 Å². The molecular formula is C15H13ClN2O4. The predicted octanol–water partition coefficient (Wildman–Crippen LogP) is 2.13. The summed E-state index contributed by atoms with van der Waals surface area (Å²) in [5, 5.41) is 9.90. The summed E-state index contributed by atoms with van der Waals surface area (Å²) in [4.78, 5) is 23.8. The molecule has 0 aromatic heterocycles. The first kappa shape index (κ1) is 15.7. The molecule has 0 fully saturated rings. The molecule has 0 aliphatic heterocycles. The average molecular weight is 321 g/mol. The third kappa shape index (κ3) is 3.67. The monoisotopic (exact) mass is 320 g/mol. The molecule has 3 N–H and O–H groups in total. The quantitative estimate of drug-likeness (QED) is 0.756. The number of rotatable bonds is 3. The van der Waals surface area contributed by atoms with Gasteiger partial charge in [-0.05, 0) is 42.5 Å². The van der Waals surface area contributed by atoms with E-state index in [-0.39, 0.29) is 11.3 Å². The summed E-state index contributed by atoms with van der Waals surface area (Å²) in [6, 6.07) is 10.4. The maximum atomic E-state index is 11.9. The average Bonchev–Trinajstić information content (AvgIpc) is 2.54. The molecule has 0 unspecified atom stereocenters. The SMILES string of the molecule is COc1ccc(C(=O)NNC(=O)c2cc(Cl)ccc2O)cc1. The fraction of sp³-hybridized carbons (Fsp3) is 0.0667. The number of hydrogen-bond donors (Lipinski definition) is 3. The molecular weight excluding hydrogens is 308 g/mol. The highest BCUT2D eigenvalue weighted by molar-refractivity contribution is 6.31. The first-order chi connectivity index (χ1) is 10.5. The number of hydrogen-bond acceptors (Lipinski definition) is 4. The Hall–Kier alpha value is -2.73. The van der Waals surface area contributed by atoms with Gasteiger partial charge >= 0.3 is 0 Å². The fourth-order valence-corrected chi connectivity index (χ4v) is 1.86. The van der Waals surface area contributed by atoms with Crippen molar-refractivity contribution in [1.82, 2.24) is 10.9 Å². The Morgan fingerprint density at radius 1 is 1.05 bits per heavy atom. The summed E-state index contributed by atoms with van der Waals surface area (Å²) >= 11 is 5.76. The number of ether oxygens (including phenoxy) is 1. The van der Waals surface area contributed by atoms with E-state index in [1.165, 1.54) is 25.3 Å². The van der Waals surface area contributed by atoms with E-state index in [1.807, 2.05) is 0 Å². The van der Waals surface area contributed by atoms with Gasteiger partial charge in [-0.15, -0.1) is 0 Å². The Labute approximate surface area is 131 Å². The third-order valence-corrected chi connectivity index (χ3v) is 3.08. The lowest BCUT2D eigenvalue weighted by Crippen LogP contribution is -2.41. The van der Waals surface area contributed by atoms with E-state index < -0.39 is 11.8 Å². The summed E-state index contributed by atoms with van der Waals surface area (Å²) < 4.78 is 4.99. The number of carbonyl (C=O) groups excluding carboxylic acids is 2. The molecule has 0 aliphatic rings. The third-order valence-electron chi connectivity index (χ3n) is 2.84. The molecule has 0 spiro atoms. The van der Waals surface area contributed by atoms with Crippen LogP contribution in [0.15, 0.2) is 42.5 Å².